The van der Waals surface area contributed by atoms with E-state index in [2.05, 4.69) is 5.10 Å². The van der Waals surface area contributed by atoms with Gasteiger partial charge in [-0.3, -0.25) is 10.1 Å². The summed E-state index contributed by atoms with van der Waals surface area (Å²) in [6.45, 7) is 0.223. The van der Waals surface area contributed by atoms with Crippen LogP contribution in [0, 0.1) is 10.1 Å². The third-order valence-corrected chi connectivity index (χ3v) is 5.51. The molecule has 0 saturated heterocycles. The predicted molar refractivity (Wildman–Crippen MR) is 91.1 cm³/mol. The Bertz CT molecular complexity index is 921. The standard InChI is InChI=1S/C16H15N3O5S/c1-24-14-6-2-12(3-7-14)16-10-11-18(17-16)25(22,23)15-8-4-13(5-9-15)19(20)21/h2-9H,10-11H2,1H3. The Morgan fingerprint density at radius 3 is 2.32 bits per heavy atom. The molecule has 0 N–H and O–H groups in total. The topological polar surface area (TPSA) is 102 Å². The van der Waals surface area contributed by atoms with Gasteiger partial charge in [0.05, 0.1) is 29.2 Å². The Hall–Kier alpha value is -2.94. The highest BCUT2D eigenvalue weighted by Gasteiger charge is 2.28. The molecule has 2 aromatic rings. The van der Waals surface area contributed by atoms with Crippen LogP contribution in [0.5, 0.6) is 5.75 Å². The maximum atomic E-state index is 12.6. The van der Waals surface area contributed by atoms with Crippen LogP contribution in [0.15, 0.2) is 58.5 Å². The largest absolute Gasteiger partial charge is 0.497 e. The molecule has 0 fully saturated rings. The molecule has 2 aromatic carbocycles. The minimum atomic E-state index is -3.84. The van der Waals surface area contributed by atoms with Crippen LogP contribution in [0.25, 0.3) is 0 Å². The summed E-state index contributed by atoms with van der Waals surface area (Å²) in [6, 6.07) is 12.0. The number of hydrazone groups is 1. The molecule has 25 heavy (non-hydrogen) atoms. The second-order valence-corrected chi connectivity index (χ2v) is 7.17. The fourth-order valence-corrected chi connectivity index (χ4v) is 3.72. The molecular formula is C16H15N3O5S. The fourth-order valence-electron chi connectivity index (χ4n) is 2.46. The summed E-state index contributed by atoms with van der Waals surface area (Å²) in [5.41, 5.74) is 1.32. The molecule has 3 rings (SSSR count). The molecule has 0 bridgehead atoms. The molecular weight excluding hydrogens is 346 g/mol. The molecule has 0 saturated carbocycles. The van der Waals surface area contributed by atoms with Crippen LogP contribution in [-0.2, 0) is 10.0 Å². The van der Waals surface area contributed by atoms with E-state index >= 15 is 0 Å². The van der Waals surface area contributed by atoms with Crippen molar-refractivity contribution in [2.75, 3.05) is 13.7 Å². The summed E-state index contributed by atoms with van der Waals surface area (Å²) < 4.78 is 31.4. The first-order chi connectivity index (χ1) is 11.9. The summed E-state index contributed by atoms with van der Waals surface area (Å²) in [7, 11) is -2.27. The van der Waals surface area contributed by atoms with Crippen molar-refractivity contribution in [1.82, 2.24) is 4.41 Å². The number of nitro benzene ring substituents is 1. The summed E-state index contributed by atoms with van der Waals surface area (Å²) >= 11 is 0. The van der Waals surface area contributed by atoms with Crippen molar-refractivity contribution in [2.45, 2.75) is 11.3 Å². The lowest BCUT2D eigenvalue weighted by molar-refractivity contribution is -0.384. The summed E-state index contributed by atoms with van der Waals surface area (Å²) in [5, 5.41) is 14.9. The number of hydrogen-bond acceptors (Lipinski definition) is 6. The van der Waals surface area contributed by atoms with Crippen LogP contribution in [-0.4, -0.2) is 37.1 Å². The minimum Gasteiger partial charge on any atom is -0.497 e. The number of benzene rings is 2. The van der Waals surface area contributed by atoms with E-state index < -0.39 is 14.9 Å². The molecule has 0 aromatic heterocycles. The maximum absolute atomic E-state index is 12.6. The Balaban J connectivity index is 1.85. The zero-order chi connectivity index (χ0) is 18.0. The Morgan fingerprint density at radius 2 is 1.76 bits per heavy atom. The zero-order valence-electron chi connectivity index (χ0n) is 13.3. The van der Waals surface area contributed by atoms with E-state index in [1.807, 2.05) is 12.1 Å². The van der Waals surface area contributed by atoms with Crippen molar-refractivity contribution in [1.29, 1.82) is 0 Å². The van der Waals surface area contributed by atoms with Gasteiger partial charge in [-0.25, -0.2) is 0 Å². The van der Waals surface area contributed by atoms with Gasteiger partial charge in [-0.15, -0.1) is 0 Å². The SMILES string of the molecule is COc1ccc(C2=NN(S(=O)(=O)c3ccc([N+](=O)[O-])cc3)CC2)cc1. The van der Waals surface area contributed by atoms with E-state index in [1.165, 1.54) is 12.1 Å². The van der Waals surface area contributed by atoms with Crippen LogP contribution < -0.4 is 4.74 Å². The maximum Gasteiger partial charge on any atom is 0.279 e. The molecule has 130 valence electrons. The molecule has 0 amide bonds. The molecule has 0 radical (unpaired) electrons. The van der Waals surface area contributed by atoms with Crippen molar-refractivity contribution < 1.29 is 18.1 Å². The number of ether oxygens (including phenoxy) is 1. The molecule has 1 heterocycles. The first-order valence-corrected chi connectivity index (χ1v) is 8.85. The molecule has 1 aliphatic heterocycles. The van der Waals surface area contributed by atoms with Gasteiger partial charge in [0, 0.05) is 18.6 Å². The normalized spacial score (nSPS) is 14.3. The third-order valence-electron chi connectivity index (χ3n) is 3.82. The highest BCUT2D eigenvalue weighted by Crippen LogP contribution is 2.24. The first kappa shape index (κ1) is 16.9. The average molecular weight is 361 g/mol. The van der Waals surface area contributed by atoms with Crippen LogP contribution in [0.4, 0.5) is 5.69 Å². The first-order valence-electron chi connectivity index (χ1n) is 7.41. The lowest BCUT2D eigenvalue weighted by Gasteiger charge is -2.13. The summed E-state index contributed by atoms with van der Waals surface area (Å²) in [5.74, 6) is 0.706. The van der Waals surface area contributed by atoms with Crippen molar-refractivity contribution in [3.8, 4) is 5.75 Å². The van der Waals surface area contributed by atoms with Crippen molar-refractivity contribution in [2.24, 2.45) is 5.10 Å². The Morgan fingerprint density at radius 1 is 1.12 bits per heavy atom. The van der Waals surface area contributed by atoms with E-state index in [0.717, 1.165) is 22.1 Å². The second kappa shape index (κ2) is 6.52. The average Bonchev–Trinajstić information content (AvgIpc) is 3.13. The van der Waals surface area contributed by atoms with Gasteiger partial charge >= 0.3 is 0 Å². The molecule has 1 aliphatic rings. The van der Waals surface area contributed by atoms with Gasteiger partial charge in [0.25, 0.3) is 15.7 Å². The summed E-state index contributed by atoms with van der Waals surface area (Å²) in [6.07, 6.45) is 0.485. The van der Waals surface area contributed by atoms with Gasteiger partial charge < -0.3 is 4.74 Å². The van der Waals surface area contributed by atoms with E-state index in [0.29, 0.717) is 17.9 Å². The van der Waals surface area contributed by atoms with Gasteiger partial charge in [0.1, 0.15) is 5.75 Å². The Kier molecular flexibility index (Phi) is 4.41. The van der Waals surface area contributed by atoms with E-state index in [1.54, 1.807) is 19.2 Å². The molecule has 9 heteroatoms. The number of methoxy groups -OCH3 is 1. The second-order valence-electron chi connectivity index (χ2n) is 5.33. The number of sulfonamides is 1. The molecule has 0 atom stereocenters. The molecule has 8 nitrogen and oxygen atoms in total. The highest BCUT2D eigenvalue weighted by atomic mass is 32.2. The smallest absolute Gasteiger partial charge is 0.279 e. The van der Waals surface area contributed by atoms with Gasteiger partial charge in [-0.1, -0.05) is 0 Å². The predicted octanol–water partition coefficient (Wildman–Crippen LogP) is 2.40. The molecule has 0 aliphatic carbocycles. The molecule has 0 unspecified atom stereocenters. The minimum absolute atomic E-state index is 0.0298. The lowest BCUT2D eigenvalue weighted by atomic mass is 10.1. The monoisotopic (exact) mass is 361 g/mol. The van der Waals surface area contributed by atoms with Crippen molar-refractivity contribution in [3.05, 3.63) is 64.2 Å². The van der Waals surface area contributed by atoms with Gasteiger partial charge in [-0.05, 0) is 42.0 Å². The molecule has 0 spiro atoms. The number of hydrogen-bond donors (Lipinski definition) is 0. The van der Waals surface area contributed by atoms with Crippen molar-refractivity contribution >= 4 is 21.4 Å². The van der Waals surface area contributed by atoms with Crippen LogP contribution in [0.2, 0.25) is 0 Å². The van der Waals surface area contributed by atoms with Crippen LogP contribution in [0.1, 0.15) is 12.0 Å². The van der Waals surface area contributed by atoms with Gasteiger partial charge in [-0.2, -0.15) is 17.9 Å². The number of rotatable bonds is 5. The highest BCUT2D eigenvalue weighted by molar-refractivity contribution is 7.89. The van der Waals surface area contributed by atoms with E-state index in [4.69, 9.17) is 4.74 Å². The number of nitrogens with zero attached hydrogens (tertiary/aromatic N) is 3. The van der Waals surface area contributed by atoms with Crippen LogP contribution >= 0.6 is 0 Å². The van der Waals surface area contributed by atoms with E-state index in [-0.39, 0.29) is 17.1 Å². The third kappa shape index (κ3) is 3.31. The lowest BCUT2D eigenvalue weighted by Crippen LogP contribution is -2.23. The van der Waals surface area contributed by atoms with Gasteiger partial charge in [0.15, 0.2) is 0 Å². The fraction of sp³-hybridized carbons (Fsp3) is 0.188. The quantitative estimate of drug-likeness (QED) is 0.601. The number of non-ortho nitro benzene ring substituents is 1. The summed E-state index contributed by atoms with van der Waals surface area (Å²) in [4.78, 5) is 10.1. The zero-order valence-corrected chi connectivity index (χ0v) is 14.1. The van der Waals surface area contributed by atoms with Gasteiger partial charge in [0.2, 0.25) is 0 Å². The Labute approximate surface area is 144 Å². The van der Waals surface area contributed by atoms with E-state index in [9.17, 15) is 18.5 Å². The van der Waals surface area contributed by atoms with Crippen molar-refractivity contribution in [3.63, 3.8) is 0 Å². The van der Waals surface area contributed by atoms with Crippen LogP contribution in [0.3, 0.4) is 0 Å². The number of nitro groups is 1.